The summed E-state index contributed by atoms with van der Waals surface area (Å²) in [5, 5.41) is 1.31. The fourth-order valence-corrected chi connectivity index (χ4v) is 2.04. The largest absolute Gasteiger partial charge is 0.330 e. The zero-order valence-electron chi connectivity index (χ0n) is 5.00. The van der Waals surface area contributed by atoms with Crippen LogP contribution in [-0.4, -0.2) is 20.7 Å². The van der Waals surface area contributed by atoms with E-state index in [1.807, 2.05) is 0 Å². The highest BCUT2D eigenvalue weighted by Gasteiger charge is 2.20. The van der Waals surface area contributed by atoms with Crippen molar-refractivity contribution < 1.29 is 8.42 Å². The molecule has 0 spiro atoms. The van der Waals surface area contributed by atoms with Crippen LogP contribution in [0.15, 0.2) is 11.0 Å². The fraction of sp³-hybridized carbons (Fsp3) is 0.600. The van der Waals surface area contributed by atoms with Gasteiger partial charge in [0.15, 0.2) is 9.84 Å². The van der Waals surface area contributed by atoms with Crippen molar-refractivity contribution in [3.05, 3.63) is 11.0 Å². The molecule has 0 radical (unpaired) electrons. The van der Waals surface area contributed by atoms with Crippen molar-refractivity contribution in [1.29, 1.82) is 0 Å². The van der Waals surface area contributed by atoms with E-state index in [2.05, 4.69) is 0 Å². The van der Waals surface area contributed by atoms with Crippen LogP contribution in [0.4, 0.5) is 0 Å². The van der Waals surface area contributed by atoms with Gasteiger partial charge in [-0.05, 0) is 18.5 Å². The lowest BCUT2D eigenvalue weighted by Gasteiger charge is -2.12. The molecule has 1 heterocycles. The Hall–Kier alpha value is -0.350. The number of sulfone groups is 1. The Kier molecular flexibility index (Phi) is 1.59. The van der Waals surface area contributed by atoms with Gasteiger partial charge in [-0.2, -0.15) is 0 Å². The summed E-state index contributed by atoms with van der Waals surface area (Å²) in [6, 6.07) is 0. The van der Waals surface area contributed by atoms with Crippen molar-refractivity contribution in [2.75, 3.05) is 12.3 Å². The van der Waals surface area contributed by atoms with Crippen molar-refractivity contribution in [3.8, 4) is 0 Å². The molecule has 0 unspecified atom stereocenters. The Morgan fingerprint density at radius 1 is 1.67 bits per heavy atom. The summed E-state index contributed by atoms with van der Waals surface area (Å²) in [4.78, 5) is 0. The van der Waals surface area contributed by atoms with Crippen LogP contribution in [0.3, 0.4) is 0 Å². The Balaban J connectivity index is 2.55. The molecule has 1 aliphatic rings. The zero-order chi connectivity index (χ0) is 6.91. The summed E-state index contributed by atoms with van der Waals surface area (Å²) in [6.07, 6.45) is 0.721. The summed E-state index contributed by atoms with van der Waals surface area (Å²) in [7, 11) is -2.77. The second-order valence-electron chi connectivity index (χ2n) is 2.12. The molecule has 0 fully saturated rings. The first-order valence-corrected chi connectivity index (χ1v) is 4.48. The SMILES string of the molecule is NCCC1=CS(=O)(=O)C1. The maximum absolute atomic E-state index is 10.5. The summed E-state index contributed by atoms with van der Waals surface area (Å²) < 4.78 is 20.9. The molecule has 4 heteroatoms. The molecule has 0 saturated carbocycles. The van der Waals surface area contributed by atoms with E-state index in [-0.39, 0.29) is 5.75 Å². The van der Waals surface area contributed by atoms with Gasteiger partial charge < -0.3 is 5.73 Å². The van der Waals surface area contributed by atoms with E-state index in [1.54, 1.807) is 0 Å². The fourth-order valence-electron chi connectivity index (χ4n) is 0.805. The molecule has 0 aromatic rings. The number of hydrogen-bond acceptors (Lipinski definition) is 3. The molecule has 0 aromatic heterocycles. The van der Waals surface area contributed by atoms with Crippen molar-refractivity contribution in [1.82, 2.24) is 0 Å². The van der Waals surface area contributed by atoms with E-state index in [0.29, 0.717) is 6.54 Å². The minimum absolute atomic E-state index is 0.226. The molecule has 0 aromatic carbocycles. The second-order valence-corrected chi connectivity index (χ2v) is 3.97. The van der Waals surface area contributed by atoms with E-state index in [4.69, 9.17) is 5.73 Å². The highest BCUT2D eigenvalue weighted by atomic mass is 32.2. The summed E-state index contributed by atoms with van der Waals surface area (Å²) in [5.74, 6) is 0.226. The normalized spacial score (nSPS) is 22.6. The van der Waals surface area contributed by atoms with Crippen LogP contribution in [0.2, 0.25) is 0 Å². The van der Waals surface area contributed by atoms with Crippen molar-refractivity contribution in [2.24, 2.45) is 5.73 Å². The molecule has 52 valence electrons. The molecule has 0 saturated heterocycles. The second kappa shape index (κ2) is 2.11. The van der Waals surface area contributed by atoms with E-state index >= 15 is 0 Å². The lowest BCUT2D eigenvalue weighted by molar-refractivity contribution is 0.601. The summed E-state index contributed by atoms with van der Waals surface area (Å²) >= 11 is 0. The maximum Gasteiger partial charge on any atom is 0.175 e. The van der Waals surface area contributed by atoms with Crippen LogP contribution in [0.5, 0.6) is 0 Å². The van der Waals surface area contributed by atoms with Crippen molar-refractivity contribution in [2.45, 2.75) is 6.42 Å². The third kappa shape index (κ3) is 1.53. The average Bonchev–Trinajstić information content (AvgIpc) is 1.62. The molecule has 2 N–H and O–H groups in total. The maximum atomic E-state index is 10.5. The van der Waals surface area contributed by atoms with Gasteiger partial charge in [-0.15, -0.1) is 0 Å². The quantitative estimate of drug-likeness (QED) is 0.580. The Bertz CT molecular complexity index is 227. The monoisotopic (exact) mass is 147 g/mol. The van der Waals surface area contributed by atoms with Gasteiger partial charge in [-0.1, -0.05) is 0 Å². The lowest BCUT2D eigenvalue weighted by atomic mass is 10.2. The first-order valence-electron chi connectivity index (χ1n) is 2.76. The topological polar surface area (TPSA) is 60.2 Å². The van der Waals surface area contributed by atoms with Crippen LogP contribution in [0.1, 0.15) is 6.42 Å². The van der Waals surface area contributed by atoms with Gasteiger partial charge in [0.25, 0.3) is 0 Å². The van der Waals surface area contributed by atoms with Gasteiger partial charge in [0.1, 0.15) is 0 Å². The van der Waals surface area contributed by atoms with E-state index in [9.17, 15) is 8.42 Å². The van der Waals surface area contributed by atoms with Gasteiger partial charge in [-0.25, -0.2) is 8.42 Å². The standard InChI is InChI=1S/C5H9NO2S/c6-2-1-5-3-9(7,8)4-5/h3H,1-2,4,6H2. The minimum atomic E-state index is -2.77. The molecule has 0 atom stereocenters. The molecule has 0 bridgehead atoms. The van der Waals surface area contributed by atoms with Gasteiger partial charge in [0.2, 0.25) is 0 Å². The first kappa shape index (κ1) is 6.77. The highest BCUT2D eigenvalue weighted by molar-refractivity contribution is 7.95. The predicted octanol–water partition coefficient (Wildman–Crippen LogP) is -0.352. The van der Waals surface area contributed by atoms with E-state index in [1.165, 1.54) is 5.41 Å². The molecule has 0 aliphatic carbocycles. The smallest absolute Gasteiger partial charge is 0.175 e. The molecule has 3 nitrogen and oxygen atoms in total. The number of nitrogens with two attached hydrogens (primary N) is 1. The van der Waals surface area contributed by atoms with Gasteiger partial charge >= 0.3 is 0 Å². The van der Waals surface area contributed by atoms with E-state index in [0.717, 1.165) is 12.0 Å². The zero-order valence-corrected chi connectivity index (χ0v) is 5.82. The minimum Gasteiger partial charge on any atom is -0.330 e. The molecule has 1 aliphatic heterocycles. The first-order chi connectivity index (χ1) is 4.14. The Labute approximate surface area is 54.5 Å². The molecule has 9 heavy (non-hydrogen) atoms. The molecule has 0 amide bonds. The third-order valence-electron chi connectivity index (χ3n) is 1.20. The van der Waals surface area contributed by atoms with Crippen molar-refractivity contribution >= 4 is 9.84 Å². The van der Waals surface area contributed by atoms with Gasteiger partial charge in [0, 0.05) is 5.41 Å². The molecular weight excluding hydrogens is 138 g/mol. The van der Waals surface area contributed by atoms with Crippen LogP contribution < -0.4 is 5.73 Å². The van der Waals surface area contributed by atoms with Crippen LogP contribution in [0, 0.1) is 0 Å². The van der Waals surface area contributed by atoms with Crippen LogP contribution in [-0.2, 0) is 9.84 Å². The summed E-state index contributed by atoms with van der Waals surface area (Å²) in [5.41, 5.74) is 6.15. The van der Waals surface area contributed by atoms with Gasteiger partial charge in [-0.3, -0.25) is 0 Å². The highest BCUT2D eigenvalue weighted by Crippen LogP contribution is 2.17. The third-order valence-corrected chi connectivity index (χ3v) is 2.66. The van der Waals surface area contributed by atoms with Crippen molar-refractivity contribution in [3.63, 3.8) is 0 Å². The lowest BCUT2D eigenvalue weighted by Crippen LogP contribution is -2.18. The molecular formula is C5H9NO2S. The summed E-state index contributed by atoms with van der Waals surface area (Å²) in [6.45, 7) is 0.543. The molecule has 1 rings (SSSR count). The van der Waals surface area contributed by atoms with E-state index < -0.39 is 9.84 Å². The van der Waals surface area contributed by atoms with Crippen LogP contribution in [0.25, 0.3) is 0 Å². The van der Waals surface area contributed by atoms with Crippen LogP contribution >= 0.6 is 0 Å². The predicted molar refractivity (Wildman–Crippen MR) is 35.5 cm³/mol. The Morgan fingerprint density at radius 2 is 2.22 bits per heavy atom. The number of hydrogen-bond donors (Lipinski definition) is 1. The van der Waals surface area contributed by atoms with Gasteiger partial charge in [0.05, 0.1) is 5.75 Å². The number of rotatable bonds is 2. The Morgan fingerprint density at radius 3 is 2.56 bits per heavy atom. The average molecular weight is 147 g/mol.